The van der Waals surface area contributed by atoms with Gasteiger partial charge in [0.05, 0.1) is 26.2 Å². The maximum Gasteiger partial charge on any atom is 0.243 e. The van der Waals surface area contributed by atoms with Crippen LogP contribution in [0.15, 0.2) is 78.9 Å². The summed E-state index contributed by atoms with van der Waals surface area (Å²) in [5.74, 6) is 0.767. The van der Waals surface area contributed by atoms with Gasteiger partial charge in [0.15, 0.2) is 0 Å². The highest BCUT2D eigenvalue weighted by Gasteiger charge is 2.30. The first kappa shape index (κ1) is 31.5. The van der Waals surface area contributed by atoms with Gasteiger partial charge in [-0.3, -0.25) is 13.9 Å². The number of nitrogens with one attached hydrogen (secondary N) is 1. The van der Waals surface area contributed by atoms with Crippen molar-refractivity contribution >= 4 is 27.5 Å². The number of hydrogen-bond acceptors (Lipinski definition) is 6. The summed E-state index contributed by atoms with van der Waals surface area (Å²) in [5, 5.41) is 2.88. The van der Waals surface area contributed by atoms with Crippen LogP contribution in [0.3, 0.4) is 0 Å². The summed E-state index contributed by atoms with van der Waals surface area (Å²) in [6.07, 6.45) is 1.79. The summed E-state index contributed by atoms with van der Waals surface area (Å²) >= 11 is 0. The molecule has 0 aliphatic rings. The Kier molecular flexibility index (Phi) is 11.6. The van der Waals surface area contributed by atoms with Crippen molar-refractivity contribution in [3.8, 4) is 11.5 Å². The fourth-order valence-electron chi connectivity index (χ4n) is 4.57. The van der Waals surface area contributed by atoms with E-state index >= 15 is 0 Å². The second-order valence-electron chi connectivity index (χ2n) is 9.61. The molecule has 3 aromatic rings. The van der Waals surface area contributed by atoms with Crippen molar-refractivity contribution in [1.29, 1.82) is 0 Å². The van der Waals surface area contributed by atoms with E-state index < -0.39 is 16.1 Å². The van der Waals surface area contributed by atoms with Gasteiger partial charge in [-0.15, -0.1) is 0 Å². The van der Waals surface area contributed by atoms with Crippen LogP contribution in [0.2, 0.25) is 0 Å². The summed E-state index contributed by atoms with van der Waals surface area (Å²) in [7, 11) is -0.486. The SMILES string of the molecule is CCNC(=O)[C@@H](Cc1ccccc1)N(Cc1cccc(OC)c1)C(=O)CCCN(c1ccc(OC)cc1)S(C)(=O)=O. The number of likely N-dealkylation sites (N-methyl/N-ethyl adjacent to an activating group) is 1. The van der Waals surface area contributed by atoms with Gasteiger partial charge >= 0.3 is 0 Å². The first-order chi connectivity index (χ1) is 19.7. The molecule has 3 aromatic carbocycles. The number of ether oxygens (including phenoxy) is 2. The van der Waals surface area contributed by atoms with Crippen molar-refractivity contribution < 1.29 is 27.5 Å². The topological polar surface area (TPSA) is 105 Å². The summed E-state index contributed by atoms with van der Waals surface area (Å²) in [5.41, 5.74) is 2.23. The molecule has 0 radical (unpaired) electrons. The predicted molar refractivity (Wildman–Crippen MR) is 161 cm³/mol. The number of carbonyl (C=O) groups excluding carboxylic acids is 2. The largest absolute Gasteiger partial charge is 0.497 e. The van der Waals surface area contributed by atoms with E-state index in [4.69, 9.17) is 9.47 Å². The summed E-state index contributed by atoms with van der Waals surface area (Å²) < 4.78 is 37.0. The number of sulfonamides is 1. The Morgan fingerprint density at radius 3 is 2.15 bits per heavy atom. The number of hydrogen-bond donors (Lipinski definition) is 1. The average Bonchev–Trinajstić information content (AvgIpc) is 2.97. The quantitative estimate of drug-likeness (QED) is 0.291. The molecule has 220 valence electrons. The van der Waals surface area contributed by atoms with Crippen LogP contribution < -0.4 is 19.1 Å². The third-order valence-electron chi connectivity index (χ3n) is 6.62. The van der Waals surface area contributed by atoms with E-state index in [2.05, 4.69) is 5.32 Å². The van der Waals surface area contributed by atoms with Crippen LogP contribution in [-0.4, -0.2) is 64.7 Å². The van der Waals surface area contributed by atoms with Gasteiger partial charge in [0, 0.05) is 32.5 Å². The normalized spacial score (nSPS) is 11.8. The Labute approximate surface area is 243 Å². The van der Waals surface area contributed by atoms with Crippen molar-refractivity contribution in [2.24, 2.45) is 0 Å². The molecule has 1 N–H and O–H groups in total. The zero-order valence-electron chi connectivity index (χ0n) is 24.1. The molecule has 0 heterocycles. The predicted octanol–water partition coefficient (Wildman–Crippen LogP) is 4.03. The number of carbonyl (C=O) groups is 2. The summed E-state index contributed by atoms with van der Waals surface area (Å²) in [6, 6.07) is 22.9. The smallest absolute Gasteiger partial charge is 0.243 e. The molecule has 0 spiro atoms. The highest BCUT2D eigenvalue weighted by molar-refractivity contribution is 7.92. The lowest BCUT2D eigenvalue weighted by Gasteiger charge is -2.32. The highest BCUT2D eigenvalue weighted by Crippen LogP contribution is 2.23. The minimum absolute atomic E-state index is 0.0524. The Balaban J connectivity index is 1.86. The van der Waals surface area contributed by atoms with E-state index in [1.807, 2.05) is 61.5 Å². The monoisotopic (exact) mass is 581 g/mol. The molecule has 10 heteroatoms. The van der Waals surface area contributed by atoms with Crippen LogP contribution in [0.5, 0.6) is 11.5 Å². The number of amides is 2. The van der Waals surface area contributed by atoms with Crippen LogP contribution in [0, 0.1) is 0 Å². The zero-order chi connectivity index (χ0) is 29.8. The molecule has 9 nitrogen and oxygen atoms in total. The Bertz CT molecular complexity index is 1380. The zero-order valence-corrected chi connectivity index (χ0v) is 24.9. The first-order valence-electron chi connectivity index (χ1n) is 13.5. The molecule has 0 saturated heterocycles. The summed E-state index contributed by atoms with van der Waals surface area (Å²) in [6.45, 7) is 2.56. The van der Waals surface area contributed by atoms with E-state index in [-0.39, 0.29) is 37.7 Å². The molecule has 0 bridgehead atoms. The van der Waals surface area contributed by atoms with Gasteiger partial charge in [-0.05, 0) is 60.9 Å². The molecule has 0 aromatic heterocycles. The van der Waals surface area contributed by atoms with E-state index in [1.54, 1.807) is 36.3 Å². The molecule has 2 amide bonds. The third kappa shape index (κ3) is 9.24. The molecular weight excluding hydrogens is 542 g/mol. The van der Waals surface area contributed by atoms with E-state index in [0.717, 1.165) is 17.4 Å². The minimum atomic E-state index is -3.60. The number of rotatable bonds is 15. The lowest BCUT2D eigenvalue weighted by atomic mass is 10.0. The second kappa shape index (κ2) is 15.1. The van der Waals surface area contributed by atoms with Gasteiger partial charge in [0.25, 0.3) is 0 Å². The fourth-order valence-corrected chi connectivity index (χ4v) is 5.53. The fraction of sp³-hybridized carbons (Fsp3) is 0.355. The van der Waals surface area contributed by atoms with Crippen molar-refractivity contribution in [2.45, 2.75) is 38.8 Å². The molecule has 41 heavy (non-hydrogen) atoms. The van der Waals surface area contributed by atoms with Crippen molar-refractivity contribution in [1.82, 2.24) is 10.2 Å². The molecular formula is C31H39N3O6S. The van der Waals surface area contributed by atoms with Crippen molar-refractivity contribution in [3.05, 3.63) is 90.0 Å². The standard InChI is InChI=1S/C31H39N3O6S/c1-5-32-31(36)29(22-24-11-7-6-8-12-24)33(23-25-13-9-14-28(21-25)40-3)30(35)15-10-20-34(41(4,37)38)26-16-18-27(39-2)19-17-26/h6-9,11-14,16-19,21,29H,5,10,15,20,22-23H2,1-4H3,(H,32,36)/t29-/m1/s1. The third-order valence-corrected chi connectivity index (χ3v) is 7.82. The minimum Gasteiger partial charge on any atom is -0.497 e. The molecule has 3 rings (SSSR count). The van der Waals surface area contributed by atoms with E-state index in [0.29, 0.717) is 30.2 Å². The van der Waals surface area contributed by atoms with Gasteiger partial charge in [-0.2, -0.15) is 0 Å². The highest BCUT2D eigenvalue weighted by atomic mass is 32.2. The van der Waals surface area contributed by atoms with Crippen LogP contribution in [0.25, 0.3) is 0 Å². The lowest BCUT2D eigenvalue weighted by molar-refractivity contribution is -0.141. The lowest BCUT2D eigenvalue weighted by Crippen LogP contribution is -2.50. The van der Waals surface area contributed by atoms with Crippen LogP contribution in [-0.2, 0) is 32.6 Å². The van der Waals surface area contributed by atoms with E-state index in [1.165, 1.54) is 11.4 Å². The van der Waals surface area contributed by atoms with Gasteiger partial charge in [0.1, 0.15) is 17.5 Å². The molecule has 0 unspecified atom stereocenters. The molecule has 0 saturated carbocycles. The Morgan fingerprint density at radius 2 is 1.54 bits per heavy atom. The molecule has 1 atom stereocenters. The van der Waals surface area contributed by atoms with Crippen LogP contribution in [0.1, 0.15) is 30.9 Å². The maximum atomic E-state index is 13.8. The number of methoxy groups -OCH3 is 2. The second-order valence-corrected chi connectivity index (χ2v) is 11.5. The first-order valence-corrected chi connectivity index (χ1v) is 15.4. The Morgan fingerprint density at radius 1 is 0.878 bits per heavy atom. The molecule has 0 aliphatic carbocycles. The van der Waals surface area contributed by atoms with Crippen molar-refractivity contribution in [3.63, 3.8) is 0 Å². The van der Waals surface area contributed by atoms with E-state index in [9.17, 15) is 18.0 Å². The van der Waals surface area contributed by atoms with Crippen molar-refractivity contribution in [2.75, 3.05) is 37.9 Å². The Hall–Kier alpha value is -4.05. The maximum absolute atomic E-state index is 13.8. The van der Waals surface area contributed by atoms with Gasteiger partial charge in [-0.1, -0.05) is 42.5 Å². The number of anilines is 1. The van der Waals surface area contributed by atoms with Gasteiger partial charge in [-0.25, -0.2) is 8.42 Å². The van der Waals surface area contributed by atoms with Gasteiger partial charge in [0.2, 0.25) is 21.8 Å². The van der Waals surface area contributed by atoms with Crippen LogP contribution in [0.4, 0.5) is 5.69 Å². The number of benzene rings is 3. The van der Waals surface area contributed by atoms with Gasteiger partial charge < -0.3 is 19.7 Å². The average molecular weight is 582 g/mol. The molecule has 0 aliphatic heterocycles. The van der Waals surface area contributed by atoms with Crippen LogP contribution >= 0.6 is 0 Å². The number of nitrogens with zero attached hydrogens (tertiary/aromatic N) is 2. The molecule has 0 fully saturated rings. The summed E-state index contributed by atoms with van der Waals surface area (Å²) in [4.78, 5) is 28.7.